The Morgan fingerprint density at radius 3 is 2.25 bits per heavy atom. The van der Waals surface area contributed by atoms with Gasteiger partial charge in [0, 0.05) is 61.6 Å². The van der Waals surface area contributed by atoms with Gasteiger partial charge < -0.3 is 24.6 Å². The maximum absolute atomic E-state index is 5.29. The van der Waals surface area contributed by atoms with E-state index in [4.69, 9.17) is 9.47 Å². The Labute approximate surface area is 172 Å². The summed E-state index contributed by atoms with van der Waals surface area (Å²) in [4.78, 5) is 7.38. The number of hydrogen-bond donors (Lipinski definition) is 1. The lowest BCUT2D eigenvalue weighted by atomic mass is 10.2. The zero-order chi connectivity index (χ0) is 19.3. The van der Waals surface area contributed by atoms with Crippen LogP contribution in [0.3, 0.4) is 0 Å². The number of nitrogens with zero attached hydrogens (tertiary/aromatic N) is 2. The topological polar surface area (TPSA) is 37.0 Å². The first-order valence-electron chi connectivity index (χ1n) is 9.99. The summed E-state index contributed by atoms with van der Waals surface area (Å²) in [6, 6.07) is 13.4. The van der Waals surface area contributed by atoms with Crippen LogP contribution in [0.4, 0.5) is 22.7 Å². The molecule has 2 aliphatic heterocycles. The van der Waals surface area contributed by atoms with Crippen molar-refractivity contribution < 1.29 is 9.47 Å². The molecular weight excluding hydrogens is 370 g/mol. The molecule has 0 unspecified atom stereocenters. The summed E-state index contributed by atoms with van der Waals surface area (Å²) >= 11 is 1.86. The molecule has 0 atom stereocenters. The SMILES string of the molecule is COCCN(CCOC)c1ccc2c(c1)Sc1cc(N3CCCC3)ccc1N2. The van der Waals surface area contributed by atoms with E-state index >= 15 is 0 Å². The number of anilines is 4. The lowest BCUT2D eigenvalue weighted by Gasteiger charge is -2.28. The minimum Gasteiger partial charge on any atom is -0.383 e. The Bertz CT molecular complexity index is 800. The predicted octanol–water partition coefficient (Wildman–Crippen LogP) is 4.59. The van der Waals surface area contributed by atoms with Crippen molar-refractivity contribution in [2.75, 3.05) is 68.7 Å². The van der Waals surface area contributed by atoms with Gasteiger partial charge in [0.05, 0.1) is 24.6 Å². The van der Waals surface area contributed by atoms with Gasteiger partial charge in [-0.05, 0) is 49.2 Å². The third-order valence-electron chi connectivity index (χ3n) is 5.39. The molecule has 0 bridgehead atoms. The number of fused-ring (bicyclic) bond motifs is 2. The van der Waals surface area contributed by atoms with E-state index in [2.05, 4.69) is 51.5 Å². The van der Waals surface area contributed by atoms with Crippen molar-refractivity contribution in [2.24, 2.45) is 0 Å². The molecule has 2 aliphatic rings. The van der Waals surface area contributed by atoms with E-state index in [0.717, 1.165) is 13.1 Å². The summed E-state index contributed by atoms with van der Waals surface area (Å²) < 4.78 is 10.6. The molecule has 4 rings (SSSR count). The van der Waals surface area contributed by atoms with Crippen LogP contribution in [0.15, 0.2) is 46.2 Å². The second kappa shape index (κ2) is 9.07. The normalized spacial score (nSPS) is 15.1. The highest BCUT2D eigenvalue weighted by molar-refractivity contribution is 7.99. The lowest BCUT2D eigenvalue weighted by molar-refractivity contribution is 0.190. The molecule has 0 saturated carbocycles. The van der Waals surface area contributed by atoms with E-state index in [-0.39, 0.29) is 0 Å². The number of benzene rings is 2. The first-order valence-corrected chi connectivity index (χ1v) is 10.8. The molecule has 2 aromatic rings. The average Bonchev–Trinajstić information content (AvgIpc) is 3.26. The third-order valence-corrected chi connectivity index (χ3v) is 6.50. The second-order valence-corrected chi connectivity index (χ2v) is 8.34. The van der Waals surface area contributed by atoms with Crippen molar-refractivity contribution in [3.8, 4) is 0 Å². The highest BCUT2D eigenvalue weighted by Gasteiger charge is 2.20. The molecule has 1 N–H and O–H groups in total. The summed E-state index contributed by atoms with van der Waals surface area (Å²) in [7, 11) is 3.49. The van der Waals surface area contributed by atoms with Gasteiger partial charge >= 0.3 is 0 Å². The monoisotopic (exact) mass is 399 g/mol. The van der Waals surface area contributed by atoms with Gasteiger partial charge in [0.15, 0.2) is 0 Å². The standard InChI is InChI=1S/C22H29N3O2S/c1-26-13-11-25(12-14-27-2)18-6-8-20-22(16-18)28-21-15-17(5-7-19(21)23-20)24-9-3-4-10-24/h5-8,15-16,23H,3-4,9-14H2,1-2H3. The minimum absolute atomic E-state index is 0.703. The van der Waals surface area contributed by atoms with Crippen molar-refractivity contribution in [2.45, 2.75) is 22.6 Å². The molecule has 2 heterocycles. The number of hydrogen-bond acceptors (Lipinski definition) is 6. The Hall–Kier alpha value is -1.89. The third kappa shape index (κ3) is 4.24. The Morgan fingerprint density at radius 2 is 1.57 bits per heavy atom. The van der Waals surface area contributed by atoms with E-state index in [1.54, 1.807) is 14.2 Å². The first-order chi connectivity index (χ1) is 13.8. The van der Waals surface area contributed by atoms with Gasteiger partial charge in [-0.25, -0.2) is 0 Å². The smallest absolute Gasteiger partial charge is 0.0637 e. The molecule has 0 radical (unpaired) electrons. The van der Waals surface area contributed by atoms with Crippen LogP contribution in [-0.2, 0) is 9.47 Å². The van der Waals surface area contributed by atoms with Crippen molar-refractivity contribution in [3.63, 3.8) is 0 Å². The van der Waals surface area contributed by atoms with Gasteiger partial charge in [-0.15, -0.1) is 0 Å². The van der Waals surface area contributed by atoms with E-state index in [1.807, 2.05) is 11.8 Å². The quantitative estimate of drug-likeness (QED) is 0.597. The number of nitrogens with one attached hydrogen (secondary N) is 1. The van der Waals surface area contributed by atoms with Gasteiger partial charge in [-0.2, -0.15) is 0 Å². The van der Waals surface area contributed by atoms with E-state index in [1.165, 1.54) is 58.5 Å². The fourth-order valence-corrected chi connectivity index (χ4v) is 4.86. The van der Waals surface area contributed by atoms with Gasteiger partial charge in [0.2, 0.25) is 0 Å². The maximum atomic E-state index is 5.29. The minimum atomic E-state index is 0.703. The predicted molar refractivity (Wildman–Crippen MR) is 118 cm³/mol. The first kappa shape index (κ1) is 19.4. The molecule has 28 heavy (non-hydrogen) atoms. The molecule has 1 saturated heterocycles. The summed E-state index contributed by atoms with van der Waals surface area (Å²) in [5.41, 5.74) is 4.92. The van der Waals surface area contributed by atoms with Crippen LogP contribution in [0.5, 0.6) is 0 Å². The molecule has 6 heteroatoms. The molecule has 0 spiro atoms. The fraction of sp³-hybridized carbons (Fsp3) is 0.455. The largest absolute Gasteiger partial charge is 0.383 e. The van der Waals surface area contributed by atoms with Gasteiger partial charge in [-0.1, -0.05) is 11.8 Å². The van der Waals surface area contributed by atoms with E-state index < -0.39 is 0 Å². The van der Waals surface area contributed by atoms with Crippen molar-refractivity contribution in [3.05, 3.63) is 36.4 Å². The second-order valence-electron chi connectivity index (χ2n) is 7.25. The maximum Gasteiger partial charge on any atom is 0.0637 e. The molecule has 2 aromatic carbocycles. The van der Waals surface area contributed by atoms with Crippen LogP contribution in [-0.4, -0.2) is 53.6 Å². The summed E-state index contributed by atoms with van der Waals surface area (Å²) in [6.07, 6.45) is 2.60. The van der Waals surface area contributed by atoms with Gasteiger partial charge in [0.1, 0.15) is 0 Å². The number of rotatable bonds is 8. The lowest BCUT2D eigenvalue weighted by Crippen LogP contribution is -2.30. The van der Waals surface area contributed by atoms with Crippen LogP contribution in [0.25, 0.3) is 0 Å². The molecule has 0 amide bonds. The van der Waals surface area contributed by atoms with Crippen LogP contribution < -0.4 is 15.1 Å². The van der Waals surface area contributed by atoms with E-state index in [0.29, 0.717) is 13.2 Å². The Balaban J connectivity index is 1.55. The van der Waals surface area contributed by atoms with Crippen molar-refractivity contribution >= 4 is 34.5 Å². The van der Waals surface area contributed by atoms with Crippen LogP contribution in [0, 0.1) is 0 Å². The summed E-state index contributed by atoms with van der Waals surface area (Å²) in [6.45, 7) is 5.46. The van der Waals surface area contributed by atoms with Crippen molar-refractivity contribution in [1.82, 2.24) is 0 Å². The zero-order valence-corrected chi connectivity index (χ0v) is 17.6. The van der Waals surface area contributed by atoms with E-state index in [9.17, 15) is 0 Å². The highest BCUT2D eigenvalue weighted by atomic mass is 32.2. The molecule has 1 fully saturated rings. The summed E-state index contributed by atoms with van der Waals surface area (Å²) in [5, 5.41) is 3.60. The number of methoxy groups -OCH3 is 2. The fourth-order valence-electron chi connectivity index (χ4n) is 3.80. The average molecular weight is 400 g/mol. The van der Waals surface area contributed by atoms with Crippen LogP contribution in [0.2, 0.25) is 0 Å². The molecular formula is C22H29N3O2S. The number of ether oxygens (including phenoxy) is 2. The van der Waals surface area contributed by atoms with Crippen LogP contribution >= 0.6 is 11.8 Å². The van der Waals surface area contributed by atoms with Crippen molar-refractivity contribution in [1.29, 1.82) is 0 Å². The van der Waals surface area contributed by atoms with Gasteiger partial charge in [-0.3, -0.25) is 0 Å². The molecule has 0 aliphatic carbocycles. The Morgan fingerprint density at radius 1 is 0.929 bits per heavy atom. The molecule has 0 aromatic heterocycles. The van der Waals surface area contributed by atoms with Gasteiger partial charge in [0.25, 0.3) is 0 Å². The van der Waals surface area contributed by atoms with Crippen LogP contribution in [0.1, 0.15) is 12.8 Å². The molecule has 150 valence electrons. The Kier molecular flexibility index (Phi) is 6.29. The summed E-state index contributed by atoms with van der Waals surface area (Å²) in [5.74, 6) is 0. The zero-order valence-electron chi connectivity index (χ0n) is 16.7. The molecule has 5 nitrogen and oxygen atoms in total. The highest BCUT2D eigenvalue weighted by Crippen LogP contribution is 2.46.